The summed E-state index contributed by atoms with van der Waals surface area (Å²) in [5.41, 5.74) is 4.82. The Hall–Kier alpha value is -3.91. The number of para-hydroxylation sites is 2. The fourth-order valence-corrected chi connectivity index (χ4v) is 4.61. The number of amides is 1. The van der Waals surface area contributed by atoms with Crippen LogP contribution in [-0.4, -0.2) is 27.8 Å². The second-order valence-electron chi connectivity index (χ2n) is 8.35. The van der Waals surface area contributed by atoms with Gasteiger partial charge in [0.15, 0.2) is 5.82 Å². The van der Waals surface area contributed by atoms with Crippen LogP contribution in [0.4, 0.5) is 11.6 Å². The Balaban J connectivity index is 1.60. The molecule has 5 rings (SSSR count). The summed E-state index contributed by atoms with van der Waals surface area (Å²) in [4.78, 5) is 18.4. The van der Waals surface area contributed by atoms with E-state index in [2.05, 4.69) is 26.6 Å². The van der Waals surface area contributed by atoms with Gasteiger partial charge in [-0.3, -0.25) is 4.79 Å². The van der Waals surface area contributed by atoms with Gasteiger partial charge in [0.1, 0.15) is 11.8 Å². The number of rotatable bonds is 5. The summed E-state index contributed by atoms with van der Waals surface area (Å²) in [6.45, 7) is 3.92. The first-order valence-electron chi connectivity index (χ1n) is 11.2. The number of hydrogen-bond acceptors (Lipinski definition) is 5. The fourth-order valence-electron chi connectivity index (χ4n) is 4.19. The third-order valence-electron chi connectivity index (χ3n) is 5.93. The van der Waals surface area contributed by atoms with Gasteiger partial charge in [-0.1, -0.05) is 70.0 Å². The molecule has 0 bridgehead atoms. The molecule has 0 aliphatic carbocycles. The molecule has 1 atom stereocenters. The van der Waals surface area contributed by atoms with Crippen LogP contribution in [0.15, 0.2) is 88.5 Å². The number of methoxy groups -OCH3 is 1. The summed E-state index contributed by atoms with van der Waals surface area (Å²) in [5, 5.41) is 11.1. The number of benzene rings is 3. The van der Waals surface area contributed by atoms with E-state index in [9.17, 15) is 4.79 Å². The Kier molecular flexibility index (Phi) is 6.13. The number of anilines is 2. The van der Waals surface area contributed by atoms with Crippen LogP contribution >= 0.6 is 15.9 Å². The van der Waals surface area contributed by atoms with E-state index in [0.717, 1.165) is 21.2 Å². The van der Waals surface area contributed by atoms with Gasteiger partial charge < -0.3 is 15.4 Å². The Morgan fingerprint density at radius 1 is 1.06 bits per heavy atom. The lowest BCUT2D eigenvalue weighted by Crippen LogP contribution is -2.31. The zero-order chi connectivity index (χ0) is 24.5. The largest absolute Gasteiger partial charge is 0.495 e. The molecule has 176 valence electrons. The van der Waals surface area contributed by atoms with Gasteiger partial charge in [-0.05, 0) is 43.7 Å². The number of nitrogens with one attached hydrogen (secondary N) is 2. The average Bonchev–Trinajstić information content (AvgIpc) is 3.27. The lowest BCUT2D eigenvalue weighted by atomic mass is 9.95. The summed E-state index contributed by atoms with van der Waals surface area (Å²) in [6, 6.07) is 22.8. The number of nitrogens with zero attached hydrogens (tertiary/aromatic N) is 3. The van der Waals surface area contributed by atoms with Gasteiger partial charge in [0.05, 0.1) is 18.4 Å². The third kappa shape index (κ3) is 4.44. The Morgan fingerprint density at radius 3 is 2.57 bits per heavy atom. The van der Waals surface area contributed by atoms with Crippen molar-refractivity contribution in [3.63, 3.8) is 0 Å². The smallest absolute Gasteiger partial charge is 0.255 e. The molecule has 1 unspecified atom stereocenters. The molecule has 1 amide bonds. The maximum atomic E-state index is 13.7. The molecule has 0 saturated carbocycles. The average molecular weight is 530 g/mol. The molecule has 0 fully saturated rings. The number of halogens is 1. The van der Waals surface area contributed by atoms with E-state index < -0.39 is 6.04 Å². The molecular weight excluding hydrogens is 506 g/mol. The van der Waals surface area contributed by atoms with E-state index in [1.165, 1.54) is 0 Å². The monoisotopic (exact) mass is 529 g/mol. The predicted octanol–water partition coefficient (Wildman–Crippen LogP) is 5.95. The number of hydrogen-bond donors (Lipinski definition) is 2. The Labute approximate surface area is 212 Å². The number of allylic oxidation sites excluding steroid dienone is 1. The van der Waals surface area contributed by atoms with Crippen molar-refractivity contribution in [3.8, 4) is 17.1 Å². The van der Waals surface area contributed by atoms with Crippen LogP contribution < -0.4 is 15.4 Å². The zero-order valence-electron chi connectivity index (χ0n) is 19.5. The number of carbonyl (C=O) groups excluding carboxylic acids is 1. The topological polar surface area (TPSA) is 81.1 Å². The van der Waals surface area contributed by atoms with Gasteiger partial charge in [0.2, 0.25) is 5.95 Å². The quantitative estimate of drug-likeness (QED) is 0.333. The Bertz CT molecular complexity index is 1440. The van der Waals surface area contributed by atoms with Crippen molar-refractivity contribution in [1.82, 2.24) is 14.8 Å². The second-order valence-corrected chi connectivity index (χ2v) is 9.26. The maximum absolute atomic E-state index is 13.7. The van der Waals surface area contributed by atoms with Crippen molar-refractivity contribution in [2.75, 3.05) is 17.7 Å². The highest BCUT2D eigenvalue weighted by atomic mass is 79.9. The Morgan fingerprint density at radius 2 is 1.83 bits per heavy atom. The molecule has 1 aliphatic rings. The maximum Gasteiger partial charge on any atom is 0.255 e. The van der Waals surface area contributed by atoms with Gasteiger partial charge in [-0.15, -0.1) is 5.10 Å². The van der Waals surface area contributed by atoms with E-state index in [1.54, 1.807) is 11.8 Å². The van der Waals surface area contributed by atoms with E-state index in [1.807, 2.05) is 86.6 Å². The van der Waals surface area contributed by atoms with Gasteiger partial charge >= 0.3 is 0 Å². The van der Waals surface area contributed by atoms with Crippen LogP contribution in [0.2, 0.25) is 0 Å². The van der Waals surface area contributed by atoms with E-state index in [4.69, 9.17) is 14.8 Å². The highest BCUT2D eigenvalue weighted by Gasteiger charge is 2.34. The summed E-state index contributed by atoms with van der Waals surface area (Å²) >= 11 is 3.57. The molecule has 3 aromatic carbocycles. The van der Waals surface area contributed by atoms with Crippen molar-refractivity contribution in [2.45, 2.75) is 19.9 Å². The number of fused-ring (bicyclic) bond motifs is 1. The van der Waals surface area contributed by atoms with E-state index >= 15 is 0 Å². The summed E-state index contributed by atoms with van der Waals surface area (Å²) in [5.74, 6) is 1.51. The van der Waals surface area contributed by atoms with Crippen LogP contribution in [0.1, 0.15) is 24.1 Å². The molecule has 4 aromatic rings. The molecule has 1 aliphatic heterocycles. The highest BCUT2D eigenvalue weighted by molar-refractivity contribution is 9.10. The number of ether oxygens (including phenoxy) is 1. The lowest BCUT2D eigenvalue weighted by Gasteiger charge is -2.29. The van der Waals surface area contributed by atoms with Crippen LogP contribution in [0.3, 0.4) is 0 Å². The second kappa shape index (κ2) is 9.38. The zero-order valence-corrected chi connectivity index (χ0v) is 21.1. The number of carbonyl (C=O) groups is 1. The molecule has 7 nitrogen and oxygen atoms in total. The first-order chi connectivity index (χ1) is 16.9. The van der Waals surface area contributed by atoms with Crippen molar-refractivity contribution in [2.24, 2.45) is 0 Å². The summed E-state index contributed by atoms with van der Waals surface area (Å²) < 4.78 is 8.12. The lowest BCUT2D eigenvalue weighted by molar-refractivity contribution is -0.113. The van der Waals surface area contributed by atoms with Crippen molar-refractivity contribution < 1.29 is 9.53 Å². The highest BCUT2D eigenvalue weighted by Crippen LogP contribution is 2.38. The third-order valence-corrected chi connectivity index (χ3v) is 6.42. The molecule has 0 saturated heterocycles. The van der Waals surface area contributed by atoms with Crippen LogP contribution in [0, 0.1) is 6.92 Å². The van der Waals surface area contributed by atoms with E-state index in [0.29, 0.717) is 34.5 Å². The molecule has 0 radical (unpaired) electrons. The fraction of sp³-hybridized carbons (Fsp3) is 0.148. The van der Waals surface area contributed by atoms with Crippen molar-refractivity contribution >= 4 is 33.5 Å². The van der Waals surface area contributed by atoms with Gasteiger partial charge in [0, 0.05) is 15.7 Å². The minimum atomic E-state index is -0.481. The summed E-state index contributed by atoms with van der Waals surface area (Å²) in [7, 11) is 1.58. The van der Waals surface area contributed by atoms with Crippen LogP contribution in [0.5, 0.6) is 5.75 Å². The van der Waals surface area contributed by atoms with E-state index in [-0.39, 0.29) is 5.91 Å². The first kappa shape index (κ1) is 22.9. The number of aryl methyl sites for hydroxylation is 1. The predicted molar refractivity (Wildman–Crippen MR) is 140 cm³/mol. The molecular formula is C27H24BrN5O2. The van der Waals surface area contributed by atoms with Crippen LogP contribution in [0.25, 0.3) is 11.4 Å². The van der Waals surface area contributed by atoms with Gasteiger partial charge in [-0.25, -0.2) is 4.68 Å². The molecule has 35 heavy (non-hydrogen) atoms. The first-order valence-corrected chi connectivity index (χ1v) is 11.9. The minimum Gasteiger partial charge on any atom is -0.495 e. The van der Waals surface area contributed by atoms with Gasteiger partial charge in [-0.2, -0.15) is 4.98 Å². The van der Waals surface area contributed by atoms with Crippen LogP contribution in [-0.2, 0) is 4.79 Å². The molecule has 0 spiro atoms. The van der Waals surface area contributed by atoms with Crippen molar-refractivity contribution in [1.29, 1.82) is 0 Å². The van der Waals surface area contributed by atoms with Gasteiger partial charge in [0.25, 0.3) is 5.91 Å². The normalized spacial score (nSPS) is 14.8. The summed E-state index contributed by atoms with van der Waals surface area (Å²) in [6.07, 6.45) is 0. The molecule has 2 heterocycles. The molecule has 2 N–H and O–H groups in total. The standard InChI is InChI=1S/C27H24BrN5O2/c1-16-11-13-18(14-12-16)25-31-27-29-17(2)23(26(34)30-21-9-4-5-10-22(21)35-3)24(33(27)32-25)19-7-6-8-20(28)15-19/h4-15,24H,1-3H3,(H,30,34)(H,29,31,32). The van der Waals surface area contributed by atoms with Crippen molar-refractivity contribution in [3.05, 3.63) is 99.7 Å². The number of aromatic nitrogens is 3. The SMILES string of the molecule is COc1ccccc1NC(=O)C1=C(C)Nc2nc(-c3ccc(C)cc3)nn2C1c1cccc(Br)c1. The minimum absolute atomic E-state index is 0.248. The molecule has 1 aromatic heterocycles. The molecule has 8 heteroatoms.